The Kier molecular flexibility index (Phi) is 4.49. The van der Waals surface area contributed by atoms with Gasteiger partial charge in [0.15, 0.2) is 0 Å². The zero-order chi connectivity index (χ0) is 14.9. The van der Waals surface area contributed by atoms with Gasteiger partial charge in [0, 0.05) is 16.0 Å². The van der Waals surface area contributed by atoms with Gasteiger partial charge in [0.1, 0.15) is 5.75 Å². The maximum absolute atomic E-state index is 11.0. The minimum absolute atomic E-state index is 0.0649. The summed E-state index contributed by atoms with van der Waals surface area (Å²) >= 11 is 12.7. The number of hydrogen-bond acceptors (Lipinski definition) is 5. The van der Waals surface area contributed by atoms with E-state index in [2.05, 4.69) is 0 Å². The molecule has 0 spiro atoms. The normalized spacial score (nSPS) is 12.2. The van der Waals surface area contributed by atoms with Gasteiger partial charge in [0.2, 0.25) is 0 Å². The molecule has 0 aliphatic carbocycles. The molecule has 2 rings (SSSR count). The van der Waals surface area contributed by atoms with Crippen LogP contribution in [-0.4, -0.2) is 10.0 Å². The summed E-state index contributed by atoms with van der Waals surface area (Å²) in [5.74, 6) is 0.262. The topological polar surface area (TPSA) is 72.6 Å². The highest BCUT2D eigenvalue weighted by molar-refractivity contribution is 7.14. The van der Waals surface area contributed by atoms with Crippen LogP contribution in [0.1, 0.15) is 17.9 Å². The Morgan fingerprint density at radius 1 is 1.40 bits per heavy atom. The zero-order valence-electron chi connectivity index (χ0n) is 10.2. The number of ether oxygens (including phenoxy) is 1. The second-order valence-electron chi connectivity index (χ2n) is 3.93. The largest absolute Gasteiger partial charge is 0.438 e. The Morgan fingerprint density at radius 2 is 2.10 bits per heavy atom. The fraction of sp³-hybridized carbons (Fsp3) is 0.167. The molecule has 0 radical (unpaired) electrons. The lowest BCUT2D eigenvalue weighted by Gasteiger charge is -2.05. The summed E-state index contributed by atoms with van der Waals surface area (Å²) in [6.45, 7) is 1.52. The minimum Gasteiger partial charge on any atom is -0.438 e. The number of nitro groups is 1. The van der Waals surface area contributed by atoms with E-state index < -0.39 is 11.0 Å². The van der Waals surface area contributed by atoms with E-state index in [-0.39, 0.29) is 21.5 Å². The first-order valence-corrected chi connectivity index (χ1v) is 7.05. The van der Waals surface area contributed by atoms with Gasteiger partial charge in [-0.15, -0.1) is 0 Å². The van der Waals surface area contributed by atoms with Crippen LogP contribution in [0.15, 0.2) is 24.3 Å². The molecular weight excluding hydrogens is 325 g/mol. The van der Waals surface area contributed by atoms with Crippen molar-refractivity contribution in [3.05, 3.63) is 49.3 Å². The predicted molar refractivity (Wildman–Crippen MR) is 78.1 cm³/mol. The highest BCUT2D eigenvalue weighted by Crippen LogP contribution is 2.43. The molecule has 0 unspecified atom stereocenters. The monoisotopic (exact) mass is 333 g/mol. The van der Waals surface area contributed by atoms with Gasteiger partial charge in [-0.05, 0) is 25.1 Å². The molecule has 1 atom stereocenters. The van der Waals surface area contributed by atoms with Crippen molar-refractivity contribution >= 4 is 40.2 Å². The lowest BCUT2D eigenvalue weighted by molar-refractivity contribution is -0.385. The first kappa shape index (κ1) is 15.1. The molecule has 20 heavy (non-hydrogen) atoms. The number of aliphatic hydroxyl groups is 1. The molecule has 2 aromatic rings. The zero-order valence-corrected chi connectivity index (χ0v) is 12.5. The molecule has 1 aromatic heterocycles. The van der Waals surface area contributed by atoms with Gasteiger partial charge in [-0.1, -0.05) is 34.5 Å². The summed E-state index contributed by atoms with van der Waals surface area (Å²) in [5.41, 5.74) is -0.211. The van der Waals surface area contributed by atoms with Crippen molar-refractivity contribution in [2.45, 2.75) is 13.0 Å². The second kappa shape index (κ2) is 5.97. The molecule has 0 bridgehead atoms. The maximum atomic E-state index is 11.0. The van der Waals surface area contributed by atoms with Crippen LogP contribution in [0, 0.1) is 10.1 Å². The molecule has 0 aliphatic rings. The summed E-state index contributed by atoms with van der Waals surface area (Å²) < 4.78 is 5.46. The summed E-state index contributed by atoms with van der Waals surface area (Å²) in [7, 11) is 0. The van der Waals surface area contributed by atoms with Gasteiger partial charge in [0.05, 0.1) is 16.0 Å². The standard InChI is InChI=1S/C12H9Cl2NO4S/c1-6(16)11-5-9(15(17)18)12(20-11)19-10-3-2-7(13)4-8(10)14/h2-6,16H,1H3/t6-/m1/s1. The van der Waals surface area contributed by atoms with E-state index in [1.165, 1.54) is 25.1 Å². The second-order valence-corrected chi connectivity index (χ2v) is 5.82. The van der Waals surface area contributed by atoms with Crippen LogP contribution < -0.4 is 4.74 Å². The van der Waals surface area contributed by atoms with Crippen molar-refractivity contribution in [2.75, 3.05) is 0 Å². The van der Waals surface area contributed by atoms with E-state index in [0.29, 0.717) is 9.90 Å². The van der Waals surface area contributed by atoms with E-state index in [4.69, 9.17) is 27.9 Å². The van der Waals surface area contributed by atoms with Crippen LogP contribution in [0.3, 0.4) is 0 Å². The first-order valence-electron chi connectivity index (χ1n) is 5.47. The molecule has 0 saturated carbocycles. The number of hydrogen-bond donors (Lipinski definition) is 1. The third-order valence-electron chi connectivity index (χ3n) is 2.40. The maximum Gasteiger partial charge on any atom is 0.323 e. The van der Waals surface area contributed by atoms with Crippen molar-refractivity contribution in [3.8, 4) is 10.8 Å². The predicted octanol–water partition coefficient (Wildman–Crippen LogP) is 4.81. The number of rotatable bonds is 4. The van der Waals surface area contributed by atoms with Crippen molar-refractivity contribution in [3.63, 3.8) is 0 Å². The number of nitrogens with zero attached hydrogens (tertiary/aromatic N) is 1. The molecule has 0 fully saturated rings. The number of benzene rings is 1. The average molecular weight is 334 g/mol. The van der Waals surface area contributed by atoms with Gasteiger partial charge < -0.3 is 9.84 Å². The molecule has 5 nitrogen and oxygen atoms in total. The Balaban J connectivity index is 2.39. The fourth-order valence-corrected chi connectivity index (χ4v) is 2.82. The molecule has 0 aliphatic heterocycles. The minimum atomic E-state index is -0.809. The lowest BCUT2D eigenvalue weighted by Crippen LogP contribution is -1.90. The van der Waals surface area contributed by atoms with Gasteiger partial charge in [-0.25, -0.2) is 0 Å². The number of halogens is 2. The number of thiophene rings is 1. The van der Waals surface area contributed by atoms with Gasteiger partial charge in [-0.3, -0.25) is 10.1 Å². The third kappa shape index (κ3) is 3.21. The van der Waals surface area contributed by atoms with Gasteiger partial charge in [-0.2, -0.15) is 0 Å². The van der Waals surface area contributed by atoms with Crippen molar-refractivity contribution in [1.29, 1.82) is 0 Å². The van der Waals surface area contributed by atoms with E-state index in [1.807, 2.05) is 0 Å². The van der Waals surface area contributed by atoms with Gasteiger partial charge >= 0.3 is 5.69 Å². The molecule has 1 aromatic carbocycles. The lowest BCUT2D eigenvalue weighted by atomic mass is 10.3. The smallest absolute Gasteiger partial charge is 0.323 e. The Hall–Kier alpha value is -1.34. The fourth-order valence-electron chi connectivity index (χ4n) is 1.45. The summed E-state index contributed by atoms with van der Waals surface area (Å²) in [4.78, 5) is 10.9. The highest BCUT2D eigenvalue weighted by Gasteiger charge is 2.23. The van der Waals surface area contributed by atoms with Crippen LogP contribution in [0.25, 0.3) is 0 Å². The van der Waals surface area contributed by atoms with Crippen LogP contribution in [0.2, 0.25) is 10.0 Å². The van der Waals surface area contributed by atoms with Crippen LogP contribution in [0.5, 0.6) is 10.8 Å². The Labute approximate surface area is 128 Å². The van der Waals surface area contributed by atoms with Crippen molar-refractivity contribution < 1.29 is 14.8 Å². The first-order chi connectivity index (χ1) is 9.38. The Bertz CT molecular complexity index is 657. The Morgan fingerprint density at radius 3 is 2.65 bits per heavy atom. The molecule has 0 amide bonds. The van der Waals surface area contributed by atoms with Crippen molar-refractivity contribution in [1.82, 2.24) is 0 Å². The average Bonchev–Trinajstić information content (AvgIpc) is 2.77. The summed E-state index contributed by atoms with van der Waals surface area (Å²) in [6.07, 6.45) is -0.809. The van der Waals surface area contributed by atoms with Crippen LogP contribution in [-0.2, 0) is 0 Å². The van der Waals surface area contributed by atoms with Gasteiger partial charge in [0.25, 0.3) is 5.06 Å². The summed E-state index contributed by atoms with van der Waals surface area (Å²) in [5, 5.41) is 21.2. The molecule has 0 saturated heterocycles. The molecule has 8 heteroatoms. The molecule has 1 N–H and O–H groups in total. The quantitative estimate of drug-likeness (QED) is 0.643. The highest BCUT2D eigenvalue weighted by atomic mass is 35.5. The van der Waals surface area contributed by atoms with E-state index in [1.54, 1.807) is 6.07 Å². The molecule has 106 valence electrons. The van der Waals surface area contributed by atoms with E-state index in [0.717, 1.165) is 11.3 Å². The van der Waals surface area contributed by atoms with E-state index >= 15 is 0 Å². The SMILES string of the molecule is C[C@@H](O)c1cc([N+](=O)[O-])c(Oc2ccc(Cl)cc2Cl)s1. The number of aliphatic hydroxyl groups excluding tert-OH is 1. The molecule has 1 heterocycles. The summed E-state index contributed by atoms with van der Waals surface area (Å²) in [6, 6.07) is 5.86. The van der Waals surface area contributed by atoms with Crippen molar-refractivity contribution in [2.24, 2.45) is 0 Å². The molecular formula is C12H9Cl2NO4S. The van der Waals surface area contributed by atoms with E-state index in [9.17, 15) is 15.2 Å². The van der Waals surface area contributed by atoms with Crippen LogP contribution in [0.4, 0.5) is 5.69 Å². The third-order valence-corrected chi connectivity index (χ3v) is 4.11. The van der Waals surface area contributed by atoms with Crippen LogP contribution >= 0.6 is 34.5 Å².